The third kappa shape index (κ3) is 4.19. The highest BCUT2D eigenvalue weighted by Gasteiger charge is 1.97. The molecule has 0 atom stereocenters. The fourth-order valence-corrected chi connectivity index (χ4v) is 0.515. The SMILES string of the molecule is NCCCCN(N=O)NO. The van der Waals surface area contributed by atoms with E-state index in [1.807, 2.05) is 0 Å². The number of nitrogens with one attached hydrogen (secondary N) is 1. The topological polar surface area (TPSA) is 91.0 Å². The monoisotopic (exact) mass is 148 g/mol. The van der Waals surface area contributed by atoms with Crippen molar-refractivity contribution in [2.45, 2.75) is 12.8 Å². The molecule has 0 rings (SSSR count). The number of hydrazine groups is 1. The molecule has 0 aromatic heterocycles. The molecule has 6 nitrogen and oxygen atoms in total. The zero-order chi connectivity index (χ0) is 7.82. The lowest BCUT2D eigenvalue weighted by molar-refractivity contribution is -0.0207. The predicted octanol–water partition coefficient (Wildman–Crippen LogP) is -0.397. The van der Waals surface area contributed by atoms with E-state index < -0.39 is 0 Å². The van der Waals surface area contributed by atoms with Crippen molar-refractivity contribution in [2.24, 2.45) is 11.0 Å². The van der Waals surface area contributed by atoms with Gasteiger partial charge in [-0.25, -0.2) is 0 Å². The molecule has 0 aliphatic rings. The summed E-state index contributed by atoms with van der Waals surface area (Å²) in [7, 11) is 0. The molecule has 4 N–H and O–H groups in total. The van der Waals surface area contributed by atoms with E-state index in [2.05, 4.69) is 5.29 Å². The van der Waals surface area contributed by atoms with Crippen LogP contribution in [-0.2, 0) is 0 Å². The Morgan fingerprint density at radius 2 is 2.30 bits per heavy atom. The van der Waals surface area contributed by atoms with Crippen LogP contribution in [0, 0.1) is 4.91 Å². The van der Waals surface area contributed by atoms with Crippen LogP contribution in [0.1, 0.15) is 12.8 Å². The molecule has 0 aromatic carbocycles. The number of unbranched alkanes of at least 4 members (excludes halogenated alkanes) is 1. The highest BCUT2D eigenvalue weighted by molar-refractivity contribution is 4.43. The zero-order valence-electron chi connectivity index (χ0n) is 5.66. The van der Waals surface area contributed by atoms with E-state index in [-0.39, 0.29) is 0 Å². The molecule has 0 heterocycles. The van der Waals surface area contributed by atoms with E-state index >= 15 is 0 Å². The molecule has 0 bridgehead atoms. The number of rotatable bonds is 6. The first kappa shape index (κ1) is 9.28. The van der Waals surface area contributed by atoms with E-state index in [9.17, 15) is 4.91 Å². The van der Waals surface area contributed by atoms with Gasteiger partial charge in [0.05, 0.1) is 11.8 Å². The first-order chi connectivity index (χ1) is 4.85. The Bertz CT molecular complexity index is 89.3. The van der Waals surface area contributed by atoms with Crippen molar-refractivity contribution in [3.63, 3.8) is 0 Å². The van der Waals surface area contributed by atoms with Crippen molar-refractivity contribution in [1.82, 2.24) is 10.7 Å². The number of nitrogens with zero attached hydrogens (tertiary/aromatic N) is 2. The van der Waals surface area contributed by atoms with Gasteiger partial charge in [-0.2, -0.15) is 5.12 Å². The number of hydrogen-bond acceptors (Lipinski definition) is 5. The van der Waals surface area contributed by atoms with Crippen molar-refractivity contribution in [3.05, 3.63) is 4.91 Å². The van der Waals surface area contributed by atoms with Gasteiger partial charge in [-0.15, -0.1) is 4.91 Å². The lowest BCUT2D eigenvalue weighted by Crippen LogP contribution is -2.30. The zero-order valence-corrected chi connectivity index (χ0v) is 5.66. The number of nitrogens with two attached hydrogens (primary N) is 1. The van der Waals surface area contributed by atoms with Crippen LogP contribution in [0.5, 0.6) is 0 Å². The molecule has 0 radical (unpaired) electrons. The Kier molecular flexibility index (Phi) is 5.94. The molecule has 6 heteroatoms. The minimum absolute atomic E-state index is 0.372. The van der Waals surface area contributed by atoms with E-state index in [1.54, 1.807) is 5.59 Å². The predicted molar refractivity (Wildman–Crippen MR) is 35.7 cm³/mol. The van der Waals surface area contributed by atoms with Crippen LogP contribution >= 0.6 is 0 Å². The van der Waals surface area contributed by atoms with Gasteiger partial charge in [-0.1, -0.05) is 5.59 Å². The first-order valence-electron chi connectivity index (χ1n) is 3.05. The summed E-state index contributed by atoms with van der Waals surface area (Å²) in [6.07, 6.45) is 1.55. The van der Waals surface area contributed by atoms with Crippen LogP contribution in [0.25, 0.3) is 0 Å². The van der Waals surface area contributed by atoms with E-state index in [1.165, 1.54) is 0 Å². The normalized spacial score (nSPS) is 9.40. The molecule has 0 aliphatic heterocycles. The van der Waals surface area contributed by atoms with Crippen molar-refractivity contribution < 1.29 is 5.21 Å². The highest BCUT2D eigenvalue weighted by Crippen LogP contribution is 1.89. The third-order valence-electron chi connectivity index (χ3n) is 1.04. The molecular weight excluding hydrogens is 136 g/mol. The van der Waals surface area contributed by atoms with Gasteiger partial charge in [0.15, 0.2) is 0 Å². The molecule has 0 saturated heterocycles. The fraction of sp³-hybridized carbons (Fsp3) is 1.00. The largest absolute Gasteiger partial charge is 0.330 e. The Labute approximate surface area is 58.9 Å². The van der Waals surface area contributed by atoms with Gasteiger partial charge in [-0.05, 0) is 19.4 Å². The van der Waals surface area contributed by atoms with E-state index in [0.717, 1.165) is 18.0 Å². The van der Waals surface area contributed by atoms with E-state index in [0.29, 0.717) is 13.1 Å². The molecule has 0 aliphatic carbocycles. The average molecular weight is 148 g/mol. The second-order valence-corrected chi connectivity index (χ2v) is 1.80. The lowest BCUT2D eigenvalue weighted by Gasteiger charge is -2.09. The second-order valence-electron chi connectivity index (χ2n) is 1.80. The van der Waals surface area contributed by atoms with Gasteiger partial charge < -0.3 is 5.73 Å². The van der Waals surface area contributed by atoms with Crippen LogP contribution < -0.4 is 11.3 Å². The summed E-state index contributed by atoms with van der Waals surface area (Å²) < 4.78 is 0. The van der Waals surface area contributed by atoms with E-state index in [4.69, 9.17) is 10.9 Å². The summed E-state index contributed by atoms with van der Waals surface area (Å²) in [4.78, 5) is 9.75. The van der Waals surface area contributed by atoms with Gasteiger partial charge in [0, 0.05) is 0 Å². The average Bonchev–Trinajstić information content (AvgIpc) is 1.99. The smallest absolute Gasteiger partial charge is 0.0703 e. The third-order valence-corrected chi connectivity index (χ3v) is 1.04. The summed E-state index contributed by atoms with van der Waals surface area (Å²) in [6.45, 7) is 0.954. The number of hydrogen-bond donors (Lipinski definition) is 3. The first-order valence-corrected chi connectivity index (χ1v) is 3.05. The van der Waals surface area contributed by atoms with Crippen molar-refractivity contribution in [3.8, 4) is 0 Å². The molecular formula is C4H12N4O2. The number of nitroso groups, excluding NO2 is 1. The van der Waals surface area contributed by atoms with Crippen LogP contribution in [0.15, 0.2) is 5.29 Å². The summed E-state index contributed by atoms with van der Waals surface area (Å²) in [6, 6.07) is 0. The van der Waals surface area contributed by atoms with Gasteiger partial charge in [-0.3, -0.25) is 5.21 Å². The molecule has 0 aromatic rings. The Morgan fingerprint density at radius 1 is 1.60 bits per heavy atom. The molecule has 0 unspecified atom stereocenters. The fourth-order valence-electron chi connectivity index (χ4n) is 0.515. The molecule has 0 saturated carbocycles. The van der Waals surface area contributed by atoms with Crippen molar-refractivity contribution >= 4 is 0 Å². The Morgan fingerprint density at radius 3 is 2.70 bits per heavy atom. The minimum atomic E-state index is 0.372. The standard InChI is InChI=1S/C4H12N4O2/c5-3-1-2-4-8(6-9)7-10/h6,9H,1-5H2. The van der Waals surface area contributed by atoms with Crippen molar-refractivity contribution in [2.75, 3.05) is 13.1 Å². The summed E-state index contributed by atoms with van der Waals surface area (Å²) in [5, 5.41) is 11.4. The maximum Gasteiger partial charge on any atom is 0.0703 e. The van der Waals surface area contributed by atoms with Gasteiger partial charge in [0.1, 0.15) is 0 Å². The molecule has 0 spiro atoms. The maximum absolute atomic E-state index is 9.75. The molecule has 10 heavy (non-hydrogen) atoms. The summed E-state index contributed by atoms with van der Waals surface area (Å²) in [5.41, 5.74) is 6.81. The molecule has 0 amide bonds. The summed E-state index contributed by atoms with van der Waals surface area (Å²) in [5.74, 6) is 0. The van der Waals surface area contributed by atoms with Crippen LogP contribution in [0.4, 0.5) is 0 Å². The lowest BCUT2D eigenvalue weighted by atomic mass is 10.3. The highest BCUT2D eigenvalue weighted by atomic mass is 16.5. The van der Waals surface area contributed by atoms with Gasteiger partial charge in [0.2, 0.25) is 0 Å². The van der Waals surface area contributed by atoms with Crippen LogP contribution in [-0.4, -0.2) is 23.4 Å². The quantitative estimate of drug-likeness (QED) is 0.271. The van der Waals surface area contributed by atoms with Crippen LogP contribution in [0.2, 0.25) is 0 Å². The Balaban J connectivity index is 3.17. The molecule has 60 valence electrons. The van der Waals surface area contributed by atoms with Crippen molar-refractivity contribution in [1.29, 1.82) is 0 Å². The van der Waals surface area contributed by atoms with Crippen LogP contribution in [0.3, 0.4) is 0 Å². The molecule has 0 fully saturated rings. The Hall–Kier alpha value is -0.720. The van der Waals surface area contributed by atoms with Gasteiger partial charge >= 0.3 is 0 Å². The minimum Gasteiger partial charge on any atom is -0.330 e. The maximum atomic E-state index is 9.75. The second kappa shape index (κ2) is 6.40. The van der Waals surface area contributed by atoms with Gasteiger partial charge in [0.25, 0.3) is 0 Å². The summed E-state index contributed by atoms with van der Waals surface area (Å²) >= 11 is 0.